The summed E-state index contributed by atoms with van der Waals surface area (Å²) in [7, 11) is 1.71. The van der Waals surface area contributed by atoms with E-state index in [0.29, 0.717) is 19.3 Å². The average Bonchev–Trinajstić information content (AvgIpc) is 2.80. The third-order valence-corrected chi connectivity index (χ3v) is 2.94. The molecule has 19 heavy (non-hydrogen) atoms. The summed E-state index contributed by atoms with van der Waals surface area (Å²) >= 11 is 0. The Kier molecular flexibility index (Phi) is 6.48. The molecule has 0 fully saturated rings. The number of ether oxygens (including phenoxy) is 2. The number of rotatable bonds is 9. The molecule has 0 saturated heterocycles. The lowest BCUT2D eigenvalue weighted by atomic mass is 10.1. The topological polar surface area (TPSA) is 56.5 Å². The number of hydrogen-bond donors (Lipinski definition) is 1. The van der Waals surface area contributed by atoms with Gasteiger partial charge in [-0.15, -0.1) is 0 Å². The van der Waals surface area contributed by atoms with Crippen molar-refractivity contribution in [3.8, 4) is 0 Å². The molecule has 0 spiro atoms. The summed E-state index contributed by atoms with van der Waals surface area (Å²) in [5, 5.41) is 7.28. The van der Waals surface area contributed by atoms with Gasteiger partial charge in [0.25, 0.3) is 0 Å². The van der Waals surface area contributed by atoms with Crippen molar-refractivity contribution < 1.29 is 14.0 Å². The Morgan fingerprint density at radius 1 is 1.42 bits per heavy atom. The third-order valence-electron chi connectivity index (χ3n) is 2.94. The summed E-state index contributed by atoms with van der Waals surface area (Å²) in [5.74, 6) is 0.760. The van der Waals surface area contributed by atoms with Crippen molar-refractivity contribution in [2.24, 2.45) is 0 Å². The lowest BCUT2D eigenvalue weighted by Crippen LogP contribution is -2.24. The minimum atomic E-state index is -0.145. The molecule has 5 heteroatoms. The number of hydrogen-bond acceptors (Lipinski definition) is 5. The molecule has 0 radical (unpaired) electrons. The molecule has 0 aliphatic rings. The van der Waals surface area contributed by atoms with Crippen LogP contribution in [0.15, 0.2) is 10.6 Å². The summed E-state index contributed by atoms with van der Waals surface area (Å²) in [4.78, 5) is 0. The van der Waals surface area contributed by atoms with Gasteiger partial charge in [0.05, 0.1) is 11.3 Å². The fourth-order valence-corrected chi connectivity index (χ4v) is 1.41. The first-order valence-corrected chi connectivity index (χ1v) is 6.73. The van der Waals surface area contributed by atoms with Gasteiger partial charge in [0.2, 0.25) is 0 Å². The van der Waals surface area contributed by atoms with Gasteiger partial charge in [-0.1, -0.05) is 19.0 Å². The standard InChI is InChI=1S/C14H26N2O3/c1-11(2)15-9-12-8-13(19-16-12)10-18-7-6-14(3,4)17-5/h8,11,15H,6-7,9-10H2,1-5H3. The zero-order valence-corrected chi connectivity index (χ0v) is 12.7. The van der Waals surface area contributed by atoms with Crippen LogP contribution in [0.5, 0.6) is 0 Å². The number of aromatic nitrogens is 1. The highest BCUT2D eigenvalue weighted by Crippen LogP contribution is 2.13. The molecule has 0 saturated carbocycles. The van der Waals surface area contributed by atoms with Crippen LogP contribution < -0.4 is 5.32 Å². The van der Waals surface area contributed by atoms with Crippen LogP contribution >= 0.6 is 0 Å². The van der Waals surface area contributed by atoms with E-state index in [1.54, 1.807) is 7.11 Å². The lowest BCUT2D eigenvalue weighted by molar-refractivity contribution is -0.0148. The van der Waals surface area contributed by atoms with Crippen molar-refractivity contribution in [3.63, 3.8) is 0 Å². The van der Waals surface area contributed by atoms with Gasteiger partial charge in [-0.05, 0) is 20.3 Å². The molecule has 1 N–H and O–H groups in total. The van der Waals surface area contributed by atoms with Gasteiger partial charge < -0.3 is 19.3 Å². The van der Waals surface area contributed by atoms with Gasteiger partial charge in [-0.2, -0.15) is 0 Å². The van der Waals surface area contributed by atoms with Crippen LogP contribution in [0.4, 0.5) is 0 Å². The van der Waals surface area contributed by atoms with Gasteiger partial charge >= 0.3 is 0 Å². The molecule has 5 nitrogen and oxygen atoms in total. The van der Waals surface area contributed by atoms with Gasteiger partial charge in [0.15, 0.2) is 5.76 Å². The van der Waals surface area contributed by atoms with Crippen molar-refractivity contribution >= 4 is 0 Å². The Balaban J connectivity index is 2.23. The third kappa shape index (κ3) is 6.71. The summed E-state index contributed by atoms with van der Waals surface area (Å²) < 4.78 is 16.1. The maximum absolute atomic E-state index is 5.56. The van der Waals surface area contributed by atoms with Crippen molar-refractivity contribution in [3.05, 3.63) is 17.5 Å². The van der Waals surface area contributed by atoms with E-state index in [0.717, 1.165) is 24.4 Å². The van der Waals surface area contributed by atoms with Crippen LogP contribution in [0.3, 0.4) is 0 Å². The summed E-state index contributed by atoms with van der Waals surface area (Å²) in [6, 6.07) is 2.37. The average molecular weight is 270 g/mol. The molecule has 1 heterocycles. The molecule has 0 aliphatic heterocycles. The molecule has 1 rings (SSSR count). The van der Waals surface area contributed by atoms with Crippen molar-refractivity contribution in [2.75, 3.05) is 13.7 Å². The lowest BCUT2D eigenvalue weighted by Gasteiger charge is -2.22. The highest BCUT2D eigenvalue weighted by molar-refractivity contribution is 5.04. The van der Waals surface area contributed by atoms with Crippen LogP contribution in [0.2, 0.25) is 0 Å². The van der Waals surface area contributed by atoms with E-state index in [4.69, 9.17) is 14.0 Å². The molecule has 1 aromatic heterocycles. The maximum atomic E-state index is 5.56. The van der Waals surface area contributed by atoms with E-state index >= 15 is 0 Å². The second-order valence-corrected chi connectivity index (χ2v) is 5.59. The fraction of sp³-hybridized carbons (Fsp3) is 0.786. The van der Waals surface area contributed by atoms with E-state index in [-0.39, 0.29) is 5.60 Å². The second kappa shape index (κ2) is 7.62. The molecular weight excluding hydrogens is 244 g/mol. The summed E-state index contributed by atoms with van der Waals surface area (Å²) in [6.07, 6.45) is 0.847. The Labute approximate surface area is 115 Å². The quantitative estimate of drug-likeness (QED) is 0.699. The Morgan fingerprint density at radius 3 is 2.79 bits per heavy atom. The van der Waals surface area contributed by atoms with Crippen LogP contribution in [-0.4, -0.2) is 30.5 Å². The van der Waals surface area contributed by atoms with Gasteiger partial charge in [0.1, 0.15) is 6.61 Å². The highest BCUT2D eigenvalue weighted by Gasteiger charge is 2.15. The first-order valence-electron chi connectivity index (χ1n) is 6.73. The van der Waals surface area contributed by atoms with Crippen LogP contribution in [0.1, 0.15) is 45.6 Å². The van der Waals surface area contributed by atoms with E-state index in [1.807, 2.05) is 19.9 Å². The number of methoxy groups -OCH3 is 1. The summed E-state index contributed by atoms with van der Waals surface area (Å²) in [5.41, 5.74) is 0.762. The first kappa shape index (κ1) is 16.1. The molecule has 0 unspecified atom stereocenters. The van der Waals surface area contributed by atoms with Gasteiger partial charge in [0, 0.05) is 32.4 Å². The molecule has 0 aromatic carbocycles. The van der Waals surface area contributed by atoms with E-state index in [9.17, 15) is 0 Å². The molecule has 0 aliphatic carbocycles. The molecule has 1 aromatic rings. The predicted molar refractivity (Wildman–Crippen MR) is 73.8 cm³/mol. The van der Waals surface area contributed by atoms with Gasteiger partial charge in [-0.3, -0.25) is 0 Å². The van der Waals surface area contributed by atoms with Crippen molar-refractivity contribution in [2.45, 2.75) is 58.9 Å². The molecule has 0 bridgehead atoms. The first-order chi connectivity index (χ1) is 8.93. The summed E-state index contributed by atoms with van der Waals surface area (Å²) in [6.45, 7) is 10.1. The monoisotopic (exact) mass is 270 g/mol. The molecule has 0 atom stereocenters. The van der Waals surface area contributed by atoms with Crippen LogP contribution in [0, 0.1) is 0 Å². The minimum Gasteiger partial charge on any atom is -0.379 e. The van der Waals surface area contributed by atoms with Crippen molar-refractivity contribution in [1.82, 2.24) is 10.5 Å². The van der Waals surface area contributed by atoms with Gasteiger partial charge in [-0.25, -0.2) is 0 Å². The second-order valence-electron chi connectivity index (χ2n) is 5.59. The highest BCUT2D eigenvalue weighted by atomic mass is 16.5. The molecule has 110 valence electrons. The van der Waals surface area contributed by atoms with E-state index < -0.39 is 0 Å². The Morgan fingerprint density at radius 2 is 2.16 bits per heavy atom. The SMILES string of the molecule is COC(C)(C)CCOCc1cc(CNC(C)C)no1. The predicted octanol–water partition coefficient (Wildman–Crippen LogP) is 2.50. The van der Waals surface area contributed by atoms with E-state index in [1.165, 1.54) is 0 Å². The Bertz CT molecular complexity index is 361. The maximum Gasteiger partial charge on any atom is 0.162 e. The zero-order chi connectivity index (χ0) is 14.3. The Hall–Kier alpha value is -0.910. The zero-order valence-electron chi connectivity index (χ0n) is 12.7. The van der Waals surface area contributed by atoms with E-state index in [2.05, 4.69) is 24.3 Å². The normalized spacial score (nSPS) is 12.3. The van der Waals surface area contributed by atoms with Crippen LogP contribution in [0.25, 0.3) is 0 Å². The molecular formula is C14H26N2O3. The van der Waals surface area contributed by atoms with Crippen LogP contribution in [-0.2, 0) is 22.6 Å². The molecule has 0 amide bonds. The largest absolute Gasteiger partial charge is 0.379 e. The fourth-order valence-electron chi connectivity index (χ4n) is 1.41. The number of nitrogens with zero attached hydrogens (tertiary/aromatic N) is 1. The van der Waals surface area contributed by atoms with Crippen molar-refractivity contribution in [1.29, 1.82) is 0 Å². The smallest absolute Gasteiger partial charge is 0.162 e. The minimum absolute atomic E-state index is 0.145. The number of nitrogens with one attached hydrogen (secondary N) is 1.